The third-order valence-corrected chi connectivity index (χ3v) is 4.42. The summed E-state index contributed by atoms with van der Waals surface area (Å²) in [6.45, 7) is 0. The van der Waals surface area contributed by atoms with E-state index in [1.807, 2.05) is 0 Å². The Balaban J connectivity index is 1.86. The lowest BCUT2D eigenvalue weighted by atomic mass is 10.2. The molecule has 0 fully saturated rings. The van der Waals surface area contributed by atoms with Crippen LogP contribution in [0.3, 0.4) is 0 Å². The second kappa shape index (κ2) is 7.49. The van der Waals surface area contributed by atoms with E-state index in [1.54, 1.807) is 23.6 Å². The SMILES string of the molecule is COc1cccc(-c2nc(C(=O)Nc3ccc(F)c(F)c3)cs2)c1OC. The molecule has 3 rings (SSSR count). The van der Waals surface area contributed by atoms with Crippen LogP contribution in [0.25, 0.3) is 10.6 Å². The number of nitrogens with zero attached hydrogens (tertiary/aromatic N) is 1. The van der Waals surface area contributed by atoms with E-state index < -0.39 is 17.5 Å². The Morgan fingerprint density at radius 3 is 2.62 bits per heavy atom. The number of rotatable bonds is 5. The van der Waals surface area contributed by atoms with E-state index in [0.717, 1.165) is 12.1 Å². The molecule has 134 valence electrons. The molecule has 0 aliphatic rings. The fraction of sp³-hybridized carbons (Fsp3) is 0.111. The summed E-state index contributed by atoms with van der Waals surface area (Å²) in [6, 6.07) is 8.47. The van der Waals surface area contributed by atoms with Crippen molar-refractivity contribution in [1.82, 2.24) is 4.98 Å². The van der Waals surface area contributed by atoms with Crippen LogP contribution < -0.4 is 14.8 Å². The van der Waals surface area contributed by atoms with Gasteiger partial charge in [0, 0.05) is 17.1 Å². The Kier molecular flexibility index (Phi) is 5.13. The third kappa shape index (κ3) is 3.50. The zero-order valence-corrected chi connectivity index (χ0v) is 14.7. The number of benzene rings is 2. The summed E-state index contributed by atoms with van der Waals surface area (Å²) in [5.74, 6) is -1.49. The topological polar surface area (TPSA) is 60.5 Å². The van der Waals surface area contributed by atoms with Gasteiger partial charge >= 0.3 is 0 Å². The summed E-state index contributed by atoms with van der Waals surface area (Å²) < 4.78 is 36.8. The average molecular weight is 376 g/mol. The fourth-order valence-corrected chi connectivity index (χ4v) is 3.15. The number of para-hydroxylation sites is 1. The predicted octanol–water partition coefficient (Wildman–Crippen LogP) is 4.36. The molecule has 1 amide bonds. The molecule has 8 heteroatoms. The van der Waals surface area contributed by atoms with Crippen molar-refractivity contribution in [2.75, 3.05) is 19.5 Å². The zero-order valence-electron chi connectivity index (χ0n) is 13.9. The summed E-state index contributed by atoms with van der Waals surface area (Å²) in [6.07, 6.45) is 0. The van der Waals surface area contributed by atoms with Crippen LogP contribution in [0.4, 0.5) is 14.5 Å². The molecule has 26 heavy (non-hydrogen) atoms. The lowest BCUT2D eigenvalue weighted by Crippen LogP contribution is -2.12. The molecule has 0 radical (unpaired) electrons. The van der Waals surface area contributed by atoms with Crippen LogP contribution in [0.2, 0.25) is 0 Å². The van der Waals surface area contributed by atoms with Crippen LogP contribution in [0.5, 0.6) is 11.5 Å². The molecule has 0 atom stereocenters. The maximum absolute atomic E-state index is 13.2. The molecule has 0 unspecified atom stereocenters. The maximum atomic E-state index is 13.2. The Morgan fingerprint density at radius 1 is 1.12 bits per heavy atom. The Hall–Kier alpha value is -3.00. The summed E-state index contributed by atoms with van der Waals surface area (Å²) in [4.78, 5) is 16.6. The molecule has 1 aromatic heterocycles. The van der Waals surface area contributed by atoms with E-state index >= 15 is 0 Å². The molecule has 0 spiro atoms. The van der Waals surface area contributed by atoms with Crippen molar-refractivity contribution in [2.45, 2.75) is 0 Å². The van der Waals surface area contributed by atoms with Crippen molar-refractivity contribution in [2.24, 2.45) is 0 Å². The van der Waals surface area contributed by atoms with Gasteiger partial charge in [-0.15, -0.1) is 11.3 Å². The molecule has 5 nitrogen and oxygen atoms in total. The molecule has 0 saturated heterocycles. The quantitative estimate of drug-likeness (QED) is 0.719. The number of anilines is 1. The van der Waals surface area contributed by atoms with Crippen molar-refractivity contribution in [1.29, 1.82) is 0 Å². The molecule has 2 aromatic carbocycles. The van der Waals surface area contributed by atoms with Crippen LogP contribution in [0, 0.1) is 11.6 Å². The van der Waals surface area contributed by atoms with Crippen LogP contribution in [-0.4, -0.2) is 25.1 Å². The molecule has 0 bridgehead atoms. The van der Waals surface area contributed by atoms with Gasteiger partial charge in [0.1, 0.15) is 10.7 Å². The number of hydrogen-bond acceptors (Lipinski definition) is 5. The maximum Gasteiger partial charge on any atom is 0.275 e. The van der Waals surface area contributed by atoms with Crippen LogP contribution >= 0.6 is 11.3 Å². The van der Waals surface area contributed by atoms with Gasteiger partial charge in [-0.05, 0) is 24.3 Å². The number of nitrogens with one attached hydrogen (secondary N) is 1. The van der Waals surface area contributed by atoms with E-state index in [9.17, 15) is 13.6 Å². The highest BCUT2D eigenvalue weighted by Gasteiger charge is 2.17. The van der Waals surface area contributed by atoms with Crippen molar-refractivity contribution < 1.29 is 23.0 Å². The normalized spacial score (nSPS) is 10.5. The van der Waals surface area contributed by atoms with E-state index in [0.29, 0.717) is 22.1 Å². The number of amides is 1. The molecule has 0 saturated carbocycles. The summed E-state index contributed by atoms with van der Waals surface area (Å²) in [5.41, 5.74) is 0.978. The smallest absolute Gasteiger partial charge is 0.275 e. The standard InChI is InChI=1S/C18H14F2N2O3S/c1-24-15-5-3-4-11(16(15)25-2)18-22-14(9-26-18)17(23)21-10-6-7-12(19)13(20)8-10/h3-9H,1-2H3,(H,21,23). The summed E-state index contributed by atoms with van der Waals surface area (Å²) in [7, 11) is 3.05. The van der Waals surface area contributed by atoms with Gasteiger partial charge in [-0.3, -0.25) is 4.79 Å². The molecular formula is C18H14F2N2O3S. The van der Waals surface area contributed by atoms with E-state index in [2.05, 4.69) is 10.3 Å². The molecule has 0 aliphatic carbocycles. The van der Waals surface area contributed by atoms with E-state index in [-0.39, 0.29) is 11.4 Å². The number of halogens is 2. The highest BCUT2D eigenvalue weighted by atomic mass is 32.1. The summed E-state index contributed by atoms with van der Waals surface area (Å²) >= 11 is 1.25. The molecular weight excluding hydrogens is 362 g/mol. The number of aromatic nitrogens is 1. The number of ether oxygens (including phenoxy) is 2. The first-order valence-electron chi connectivity index (χ1n) is 7.46. The van der Waals surface area contributed by atoms with Crippen LogP contribution in [-0.2, 0) is 0 Å². The van der Waals surface area contributed by atoms with Crippen molar-refractivity contribution in [3.8, 4) is 22.1 Å². The third-order valence-electron chi connectivity index (χ3n) is 3.55. The zero-order chi connectivity index (χ0) is 18.7. The fourth-order valence-electron chi connectivity index (χ4n) is 2.33. The first-order valence-corrected chi connectivity index (χ1v) is 8.34. The van der Waals surface area contributed by atoms with Gasteiger partial charge in [0.05, 0.1) is 19.8 Å². The van der Waals surface area contributed by atoms with Crippen LogP contribution in [0.15, 0.2) is 41.8 Å². The van der Waals surface area contributed by atoms with Gasteiger partial charge < -0.3 is 14.8 Å². The lowest BCUT2D eigenvalue weighted by Gasteiger charge is -2.10. The lowest BCUT2D eigenvalue weighted by molar-refractivity contribution is 0.102. The van der Waals surface area contributed by atoms with Gasteiger partial charge in [-0.1, -0.05) is 6.07 Å². The average Bonchev–Trinajstić information content (AvgIpc) is 3.14. The predicted molar refractivity (Wildman–Crippen MR) is 95.0 cm³/mol. The van der Waals surface area contributed by atoms with Crippen molar-refractivity contribution in [3.05, 3.63) is 59.1 Å². The highest BCUT2D eigenvalue weighted by Crippen LogP contribution is 2.39. The Morgan fingerprint density at radius 2 is 1.92 bits per heavy atom. The van der Waals surface area contributed by atoms with Gasteiger partial charge in [0.15, 0.2) is 23.1 Å². The number of carbonyl (C=O) groups is 1. The van der Waals surface area contributed by atoms with Gasteiger partial charge in [0.25, 0.3) is 5.91 Å². The summed E-state index contributed by atoms with van der Waals surface area (Å²) in [5, 5.41) is 4.62. The highest BCUT2D eigenvalue weighted by molar-refractivity contribution is 7.13. The van der Waals surface area contributed by atoms with Gasteiger partial charge in [0.2, 0.25) is 0 Å². The number of carbonyl (C=O) groups excluding carboxylic acids is 1. The van der Waals surface area contributed by atoms with Crippen LogP contribution in [0.1, 0.15) is 10.5 Å². The van der Waals surface area contributed by atoms with E-state index in [1.165, 1.54) is 31.6 Å². The monoisotopic (exact) mass is 376 g/mol. The van der Waals surface area contributed by atoms with Gasteiger partial charge in [-0.25, -0.2) is 13.8 Å². The number of thiazole rings is 1. The second-order valence-corrected chi connectivity index (χ2v) is 6.02. The molecule has 1 N–H and O–H groups in total. The van der Waals surface area contributed by atoms with E-state index in [4.69, 9.17) is 9.47 Å². The first-order chi connectivity index (χ1) is 12.5. The Bertz CT molecular complexity index is 959. The molecule has 3 aromatic rings. The van der Waals surface area contributed by atoms with Gasteiger partial charge in [-0.2, -0.15) is 0 Å². The second-order valence-electron chi connectivity index (χ2n) is 5.16. The van der Waals surface area contributed by atoms with Crippen molar-refractivity contribution in [3.63, 3.8) is 0 Å². The molecule has 0 aliphatic heterocycles. The minimum atomic E-state index is -1.04. The largest absolute Gasteiger partial charge is 0.493 e. The molecule has 1 heterocycles. The number of hydrogen-bond donors (Lipinski definition) is 1. The van der Waals surface area contributed by atoms with Crippen molar-refractivity contribution >= 4 is 22.9 Å². The number of methoxy groups -OCH3 is 2. The minimum absolute atomic E-state index is 0.141. The minimum Gasteiger partial charge on any atom is -0.493 e. The first kappa shape index (κ1) is 17.8. The Labute approximate surface area is 152 Å².